The van der Waals surface area contributed by atoms with E-state index < -0.39 is 0 Å². The molecule has 0 atom stereocenters. The van der Waals surface area contributed by atoms with Crippen LogP contribution in [0.15, 0.2) is 199 Å². The van der Waals surface area contributed by atoms with Gasteiger partial charge in [0.05, 0.1) is 27.6 Å². The summed E-state index contributed by atoms with van der Waals surface area (Å²) in [6.45, 7) is 0. The minimum Gasteiger partial charge on any atom is -0.452 e. The van der Waals surface area contributed by atoms with Gasteiger partial charge < -0.3 is 13.4 Å². The van der Waals surface area contributed by atoms with Gasteiger partial charge in [0.1, 0.15) is 16.8 Å². The molecule has 0 spiro atoms. The Balaban J connectivity index is 0.992. The second-order valence-electron chi connectivity index (χ2n) is 16.1. The Labute approximate surface area is 348 Å². The van der Waals surface area contributed by atoms with Gasteiger partial charge in [-0.2, -0.15) is 0 Å². The minimum atomic E-state index is 0.654. The summed E-state index contributed by atoms with van der Waals surface area (Å²) in [7, 11) is 0. The van der Waals surface area contributed by atoms with E-state index in [9.17, 15) is 0 Å². The van der Waals surface area contributed by atoms with Crippen molar-refractivity contribution in [3.05, 3.63) is 194 Å². The van der Waals surface area contributed by atoms with Crippen molar-refractivity contribution < 1.29 is 4.42 Å². The summed E-state index contributed by atoms with van der Waals surface area (Å²) in [5.74, 6) is 0.654. The highest BCUT2D eigenvalue weighted by Gasteiger charge is 2.25. The Kier molecular flexibility index (Phi) is 6.49. The highest BCUT2D eigenvalue weighted by Crippen LogP contribution is 2.48. The van der Waals surface area contributed by atoms with Crippen LogP contribution >= 0.6 is 0 Å². The number of fused-ring (bicyclic) bond motifs is 15. The number of aromatic nitrogens is 4. The molecule has 9 aromatic carbocycles. The lowest BCUT2D eigenvalue weighted by Crippen LogP contribution is -1.96. The lowest BCUT2D eigenvalue weighted by Gasteiger charge is -2.11. The smallest absolute Gasteiger partial charge is 0.180 e. The monoisotopic (exact) mass is 776 g/mol. The van der Waals surface area contributed by atoms with E-state index in [1.54, 1.807) is 0 Å². The van der Waals surface area contributed by atoms with E-state index in [2.05, 4.69) is 179 Å². The van der Waals surface area contributed by atoms with Crippen LogP contribution in [0.5, 0.6) is 0 Å². The maximum atomic E-state index is 6.49. The van der Waals surface area contributed by atoms with Gasteiger partial charge in [0, 0.05) is 54.5 Å². The van der Waals surface area contributed by atoms with Crippen LogP contribution in [0.3, 0.4) is 0 Å². The van der Waals surface area contributed by atoms with Gasteiger partial charge in [0.25, 0.3) is 0 Å². The van der Waals surface area contributed by atoms with E-state index >= 15 is 0 Å². The summed E-state index contributed by atoms with van der Waals surface area (Å²) in [5.41, 5.74) is 14.5. The predicted molar refractivity (Wildman–Crippen MR) is 252 cm³/mol. The highest BCUT2D eigenvalue weighted by atomic mass is 16.3. The summed E-state index contributed by atoms with van der Waals surface area (Å²) >= 11 is 0. The highest BCUT2D eigenvalue weighted by molar-refractivity contribution is 6.36. The third-order valence-electron chi connectivity index (χ3n) is 12.9. The molecule has 14 aromatic rings. The first kappa shape index (κ1) is 32.7. The van der Waals surface area contributed by atoms with Crippen molar-refractivity contribution in [3.8, 4) is 39.5 Å². The number of para-hydroxylation sites is 3. The lowest BCUT2D eigenvalue weighted by atomic mass is 10.00. The summed E-state index contributed by atoms with van der Waals surface area (Å²) < 4.78 is 11.4. The summed E-state index contributed by atoms with van der Waals surface area (Å²) in [6, 6.07) is 69.4. The van der Waals surface area contributed by atoms with Crippen LogP contribution in [-0.4, -0.2) is 18.9 Å². The van der Waals surface area contributed by atoms with Crippen LogP contribution in [0, 0.1) is 0 Å². The average Bonchev–Trinajstić information content (AvgIpc) is 4.07. The normalized spacial score (nSPS) is 12.3. The number of hydrogen-bond acceptors (Lipinski definition) is 3. The van der Waals surface area contributed by atoms with E-state index in [4.69, 9.17) is 14.4 Å². The molecule has 0 N–H and O–H groups in total. The number of benzene rings is 9. The third kappa shape index (κ3) is 4.49. The first-order chi connectivity index (χ1) is 30.3. The van der Waals surface area contributed by atoms with Crippen molar-refractivity contribution in [3.63, 3.8) is 0 Å². The van der Waals surface area contributed by atoms with Crippen molar-refractivity contribution in [2.24, 2.45) is 0 Å². The van der Waals surface area contributed by atoms with Crippen LogP contribution in [0.25, 0.3) is 132 Å². The van der Waals surface area contributed by atoms with Crippen LogP contribution < -0.4 is 0 Å². The van der Waals surface area contributed by atoms with Gasteiger partial charge in [0.2, 0.25) is 0 Å². The van der Waals surface area contributed by atoms with E-state index in [0.29, 0.717) is 11.4 Å². The molecule has 0 fully saturated rings. The molecule has 0 saturated heterocycles. The van der Waals surface area contributed by atoms with Gasteiger partial charge in [0.15, 0.2) is 11.4 Å². The van der Waals surface area contributed by atoms with Gasteiger partial charge >= 0.3 is 0 Å². The zero-order valence-corrected chi connectivity index (χ0v) is 32.7. The van der Waals surface area contributed by atoms with E-state index in [1.165, 1.54) is 76.2 Å². The molecule has 5 aromatic heterocycles. The topological polar surface area (TPSA) is 48.3 Å². The molecule has 0 saturated carbocycles. The van der Waals surface area contributed by atoms with Gasteiger partial charge in [-0.3, -0.25) is 0 Å². The van der Waals surface area contributed by atoms with Crippen LogP contribution in [0.4, 0.5) is 0 Å². The first-order valence-corrected chi connectivity index (χ1v) is 20.7. The van der Waals surface area contributed by atoms with Crippen molar-refractivity contribution >= 4 is 92.7 Å². The van der Waals surface area contributed by atoms with Crippen molar-refractivity contribution in [2.45, 2.75) is 0 Å². The Hall–Kier alpha value is -8.28. The van der Waals surface area contributed by atoms with E-state index in [0.717, 1.165) is 44.6 Å². The van der Waals surface area contributed by atoms with E-state index in [-0.39, 0.29) is 0 Å². The Morgan fingerprint density at radius 2 is 1.05 bits per heavy atom. The molecule has 0 aliphatic rings. The van der Waals surface area contributed by atoms with Crippen LogP contribution in [0.1, 0.15) is 0 Å². The summed E-state index contributed by atoms with van der Waals surface area (Å²) in [6.07, 6.45) is 0. The molecule has 61 heavy (non-hydrogen) atoms. The predicted octanol–water partition coefficient (Wildman–Crippen LogP) is 14.8. The number of nitrogens with zero attached hydrogens (tertiary/aromatic N) is 4. The Bertz CT molecular complexity index is 4080. The molecule has 0 bridgehead atoms. The molecule has 0 aliphatic carbocycles. The molecule has 282 valence electrons. The van der Waals surface area contributed by atoms with Crippen molar-refractivity contribution in [1.29, 1.82) is 0 Å². The first-order valence-electron chi connectivity index (χ1n) is 20.7. The van der Waals surface area contributed by atoms with Gasteiger partial charge in [-0.25, -0.2) is 9.97 Å². The molecule has 5 nitrogen and oxygen atoms in total. The second kappa shape index (κ2) is 12.1. The fourth-order valence-corrected chi connectivity index (χ4v) is 10.2. The van der Waals surface area contributed by atoms with Gasteiger partial charge in [-0.15, -0.1) is 0 Å². The molecule has 5 heteroatoms. The van der Waals surface area contributed by atoms with Crippen LogP contribution in [-0.2, 0) is 0 Å². The van der Waals surface area contributed by atoms with Gasteiger partial charge in [-0.1, -0.05) is 133 Å². The lowest BCUT2D eigenvalue weighted by molar-refractivity contribution is 0.667. The molecular formula is C56H32N4O. The molecule has 5 heterocycles. The molecule has 0 radical (unpaired) electrons. The zero-order chi connectivity index (χ0) is 39.8. The molecule has 0 aliphatic heterocycles. The Morgan fingerprint density at radius 1 is 0.393 bits per heavy atom. The number of rotatable bonds is 4. The summed E-state index contributed by atoms with van der Waals surface area (Å²) in [4.78, 5) is 10.5. The number of furan rings is 1. The Morgan fingerprint density at radius 3 is 1.89 bits per heavy atom. The molecular weight excluding hydrogens is 745 g/mol. The largest absolute Gasteiger partial charge is 0.452 e. The fourth-order valence-electron chi connectivity index (χ4n) is 10.2. The number of hydrogen-bond donors (Lipinski definition) is 0. The molecule has 0 amide bonds. The van der Waals surface area contributed by atoms with E-state index in [1.807, 2.05) is 24.3 Å². The summed E-state index contributed by atoms with van der Waals surface area (Å²) in [5, 5.41) is 11.1. The maximum absolute atomic E-state index is 6.49. The SMILES string of the molecule is c1ccc(-c2ccc(-c3nc(-c4ccc(-n5c6ccccc6c6cc7c8c9ccccc9ccc8n8c9ccccc9c(c65)c78)cc4)nc4c3oc3ccccc34)cc2)cc1. The van der Waals surface area contributed by atoms with Crippen molar-refractivity contribution in [2.75, 3.05) is 0 Å². The van der Waals surface area contributed by atoms with Crippen LogP contribution in [0.2, 0.25) is 0 Å². The second-order valence-corrected chi connectivity index (χ2v) is 16.1. The standard InChI is InChI=1S/C56H32N4O/c1-2-12-33(13-3-1)34-22-24-36(25-23-34)51-55-52(42-18-8-11-21-48(42)61-55)58-56(57-51)37-26-29-38(30-27-37)59-45-19-9-6-16-40(45)43-32-44-49-39-15-5-4-14-35(39)28-31-47(49)60-46-20-10-7-17-41(46)50(53(43)59)54(44)60/h1-32H. The fraction of sp³-hybridized carbons (Fsp3) is 0. The maximum Gasteiger partial charge on any atom is 0.180 e. The van der Waals surface area contributed by atoms with Crippen molar-refractivity contribution in [1.82, 2.24) is 18.9 Å². The molecule has 14 rings (SSSR count). The quantitative estimate of drug-likeness (QED) is 0.179. The third-order valence-corrected chi connectivity index (χ3v) is 12.9. The van der Waals surface area contributed by atoms with Gasteiger partial charge in [-0.05, 0) is 82.6 Å². The molecule has 0 unspecified atom stereocenters. The zero-order valence-electron chi connectivity index (χ0n) is 32.7. The average molecular weight is 777 g/mol. The minimum absolute atomic E-state index is 0.654.